The quantitative estimate of drug-likeness (QED) is 0.774. The number of carbonyl (C=O) groups is 2. The first kappa shape index (κ1) is 20.6. The molecular weight excluding hydrogens is 373 g/mol. The fraction of sp³-hybridized carbons (Fsp3) is 0.364. The Labute approximate surface area is 170 Å². The van der Waals surface area contributed by atoms with Gasteiger partial charge >= 0.3 is 6.03 Å². The van der Waals surface area contributed by atoms with Crippen molar-refractivity contribution in [2.75, 3.05) is 32.1 Å². The van der Waals surface area contributed by atoms with Crippen LogP contribution in [0.15, 0.2) is 48.5 Å². The van der Waals surface area contributed by atoms with Gasteiger partial charge in [-0.25, -0.2) is 9.18 Å². The van der Waals surface area contributed by atoms with Crippen LogP contribution in [-0.4, -0.2) is 43.6 Å². The zero-order valence-electron chi connectivity index (χ0n) is 16.5. The summed E-state index contributed by atoms with van der Waals surface area (Å²) in [4.78, 5) is 26.3. The second-order valence-electron chi connectivity index (χ2n) is 7.14. The van der Waals surface area contributed by atoms with Gasteiger partial charge in [-0.1, -0.05) is 6.07 Å². The summed E-state index contributed by atoms with van der Waals surface area (Å²) in [6.07, 6.45) is 2.64. The normalized spacial score (nSPS) is 14.3. The standard InChI is InChI=1S/C22H26FN3O3/c1-29-20-7-5-17(6-8-20)21(27)24-12-9-16-10-13-26(14-11-16)22(28)25-19-4-2-3-18(23)15-19/h2-8,15-16H,9-14H2,1H3,(H,24,27)(H,25,28). The number of urea groups is 1. The number of carbonyl (C=O) groups excluding carboxylic acids is 2. The molecule has 0 aliphatic carbocycles. The number of likely N-dealkylation sites (tertiary alicyclic amines) is 1. The van der Waals surface area contributed by atoms with Gasteiger partial charge in [0.05, 0.1) is 7.11 Å². The molecule has 0 atom stereocenters. The zero-order valence-corrected chi connectivity index (χ0v) is 16.5. The first-order chi connectivity index (χ1) is 14.0. The summed E-state index contributed by atoms with van der Waals surface area (Å²) < 4.78 is 18.3. The number of hydrogen-bond donors (Lipinski definition) is 2. The molecule has 0 spiro atoms. The van der Waals surface area contributed by atoms with Crippen molar-refractivity contribution in [3.8, 4) is 5.75 Å². The lowest BCUT2D eigenvalue weighted by Crippen LogP contribution is -2.41. The predicted octanol–water partition coefficient (Wildman–Crippen LogP) is 3.90. The van der Waals surface area contributed by atoms with E-state index in [0.717, 1.165) is 25.0 Å². The number of benzene rings is 2. The SMILES string of the molecule is COc1ccc(C(=O)NCCC2CCN(C(=O)Nc3cccc(F)c3)CC2)cc1. The molecule has 0 bridgehead atoms. The number of nitrogens with one attached hydrogen (secondary N) is 2. The molecular formula is C22H26FN3O3. The second-order valence-corrected chi connectivity index (χ2v) is 7.14. The van der Waals surface area contributed by atoms with Gasteiger partial charge in [0.15, 0.2) is 0 Å². The molecule has 2 N–H and O–H groups in total. The van der Waals surface area contributed by atoms with Crippen molar-refractivity contribution >= 4 is 17.6 Å². The van der Waals surface area contributed by atoms with Gasteiger partial charge in [0.25, 0.3) is 5.91 Å². The van der Waals surface area contributed by atoms with Gasteiger partial charge < -0.3 is 20.3 Å². The van der Waals surface area contributed by atoms with Crippen LogP contribution in [0.4, 0.5) is 14.9 Å². The van der Waals surface area contributed by atoms with Crippen LogP contribution in [0.3, 0.4) is 0 Å². The van der Waals surface area contributed by atoms with Gasteiger partial charge in [0.1, 0.15) is 11.6 Å². The molecule has 6 nitrogen and oxygen atoms in total. The maximum atomic E-state index is 13.2. The molecule has 1 saturated heterocycles. The Hall–Kier alpha value is -3.09. The summed E-state index contributed by atoms with van der Waals surface area (Å²) in [6.45, 7) is 1.90. The van der Waals surface area contributed by atoms with Crippen molar-refractivity contribution in [3.05, 3.63) is 59.9 Å². The summed E-state index contributed by atoms with van der Waals surface area (Å²) >= 11 is 0. The molecule has 0 saturated carbocycles. The number of amides is 3. The molecule has 1 heterocycles. The van der Waals surface area contributed by atoms with Crippen LogP contribution >= 0.6 is 0 Å². The third-order valence-electron chi connectivity index (χ3n) is 5.17. The molecule has 1 aliphatic rings. The fourth-order valence-electron chi connectivity index (χ4n) is 3.43. The summed E-state index contributed by atoms with van der Waals surface area (Å²) in [6, 6.07) is 12.7. The van der Waals surface area contributed by atoms with Gasteiger partial charge in [-0.15, -0.1) is 0 Å². The Morgan fingerprint density at radius 1 is 1.14 bits per heavy atom. The monoisotopic (exact) mass is 399 g/mol. The average molecular weight is 399 g/mol. The lowest BCUT2D eigenvalue weighted by Gasteiger charge is -2.32. The topological polar surface area (TPSA) is 70.7 Å². The van der Waals surface area contributed by atoms with Crippen molar-refractivity contribution in [1.29, 1.82) is 0 Å². The maximum absolute atomic E-state index is 13.2. The van der Waals surface area contributed by atoms with E-state index < -0.39 is 0 Å². The first-order valence-electron chi connectivity index (χ1n) is 9.79. The van der Waals surface area contributed by atoms with Gasteiger partial charge in [-0.05, 0) is 67.6 Å². The first-order valence-corrected chi connectivity index (χ1v) is 9.79. The van der Waals surface area contributed by atoms with Gasteiger partial charge in [0, 0.05) is 30.9 Å². The third kappa shape index (κ3) is 5.94. The lowest BCUT2D eigenvalue weighted by atomic mass is 9.93. The van der Waals surface area contributed by atoms with E-state index in [0.29, 0.717) is 36.8 Å². The number of nitrogens with zero attached hydrogens (tertiary/aromatic N) is 1. The summed E-state index contributed by atoms with van der Waals surface area (Å²) in [5, 5.41) is 5.68. The zero-order chi connectivity index (χ0) is 20.6. The molecule has 3 rings (SSSR count). The Kier molecular flexibility index (Phi) is 7.05. The lowest BCUT2D eigenvalue weighted by molar-refractivity contribution is 0.0949. The average Bonchev–Trinajstić information content (AvgIpc) is 2.74. The van der Waals surface area contributed by atoms with Crippen LogP contribution in [0, 0.1) is 11.7 Å². The van der Waals surface area contributed by atoms with Crippen LogP contribution in [-0.2, 0) is 0 Å². The van der Waals surface area contributed by atoms with E-state index in [1.165, 1.54) is 12.1 Å². The molecule has 0 radical (unpaired) electrons. The highest BCUT2D eigenvalue weighted by Crippen LogP contribution is 2.21. The highest BCUT2D eigenvalue weighted by molar-refractivity contribution is 5.94. The van der Waals surface area contributed by atoms with Crippen molar-refractivity contribution in [1.82, 2.24) is 10.2 Å². The largest absolute Gasteiger partial charge is 0.497 e. The molecule has 7 heteroatoms. The van der Waals surface area contributed by atoms with E-state index in [4.69, 9.17) is 4.74 Å². The minimum Gasteiger partial charge on any atom is -0.497 e. The van der Waals surface area contributed by atoms with Gasteiger partial charge in [-0.2, -0.15) is 0 Å². The minimum atomic E-state index is -0.377. The number of hydrogen-bond acceptors (Lipinski definition) is 3. The Bertz CT molecular complexity index is 833. The van der Waals surface area contributed by atoms with E-state index in [-0.39, 0.29) is 17.8 Å². The van der Waals surface area contributed by atoms with E-state index >= 15 is 0 Å². The predicted molar refractivity (Wildman–Crippen MR) is 110 cm³/mol. The highest BCUT2D eigenvalue weighted by atomic mass is 19.1. The number of ether oxygens (including phenoxy) is 1. The second kappa shape index (κ2) is 9.91. The van der Waals surface area contributed by atoms with Crippen LogP contribution in [0.25, 0.3) is 0 Å². The number of halogens is 1. The molecule has 0 unspecified atom stereocenters. The number of anilines is 1. The van der Waals surface area contributed by atoms with Crippen LogP contribution < -0.4 is 15.4 Å². The van der Waals surface area contributed by atoms with Crippen LogP contribution in [0.1, 0.15) is 29.6 Å². The fourth-order valence-corrected chi connectivity index (χ4v) is 3.43. The Morgan fingerprint density at radius 3 is 2.52 bits per heavy atom. The molecule has 29 heavy (non-hydrogen) atoms. The van der Waals surface area contributed by atoms with E-state index in [1.807, 2.05) is 0 Å². The number of methoxy groups -OCH3 is 1. The Balaban J connectivity index is 1.37. The number of piperidine rings is 1. The Morgan fingerprint density at radius 2 is 1.86 bits per heavy atom. The van der Waals surface area contributed by atoms with Gasteiger partial charge in [0.2, 0.25) is 0 Å². The van der Waals surface area contributed by atoms with Gasteiger partial charge in [-0.3, -0.25) is 4.79 Å². The number of rotatable bonds is 6. The molecule has 2 aromatic carbocycles. The van der Waals surface area contributed by atoms with Crippen LogP contribution in [0.5, 0.6) is 5.75 Å². The molecule has 1 aliphatic heterocycles. The van der Waals surface area contributed by atoms with E-state index in [2.05, 4.69) is 10.6 Å². The molecule has 2 aromatic rings. The summed E-state index contributed by atoms with van der Waals surface area (Å²) in [5.41, 5.74) is 1.06. The summed E-state index contributed by atoms with van der Waals surface area (Å²) in [5.74, 6) is 0.705. The van der Waals surface area contributed by atoms with Crippen molar-refractivity contribution in [3.63, 3.8) is 0 Å². The maximum Gasteiger partial charge on any atom is 0.321 e. The molecule has 154 valence electrons. The molecule has 0 aromatic heterocycles. The van der Waals surface area contributed by atoms with Crippen molar-refractivity contribution in [2.45, 2.75) is 19.3 Å². The molecule has 3 amide bonds. The van der Waals surface area contributed by atoms with Crippen LogP contribution in [0.2, 0.25) is 0 Å². The highest BCUT2D eigenvalue weighted by Gasteiger charge is 2.23. The summed E-state index contributed by atoms with van der Waals surface area (Å²) in [7, 11) is 1.59. The van der Waals surface area contributed by atoms with Crippen molar-refractivity contribution < 1.29 is 18.7 Å². The van der Waals surface area contributed by atoms with E-state index in [9.17, 15) is 14.0 Å². The smallest absolute Gasteiger partial charge is 0.321 e. The van der Waals surface area contributed by atoms with E-state index in [1.54, 1.807) is 48.4 Å². The third-order valence-corrected chi connectivity index (χ3v) is 5.17. The van der Waals surface area contributed by atoms with Crippen molar-refractivity contribution in [2.24, 2.45) is 5.92 Å². The molecule has 1 fully saturated rings. The minimum absolute atomic E-state index is 0.0976.